The molecular formula is C16H23NO7. The van der Waals surface area contributed by atoms with E-state index in [1.54, 1.807) is 20.8 Å². The van der Waals surface area contributed by atoms with Crippen LogP contribution in [0.25, 0.3) is 0 Å². The zero-order chi connectivity index (χ0) is 18.3. The maximum Gasteiger partial charge on any atom is 0.408 e. The molecule has 0 aliphatic carbocycles. The summed E-state index contributed by atoms with van der Waals surface area (Å²) >= 11 is 0. The van der Waals surface area contributed by atoms with Gasteiger partial charge in [-0.15, -0.1) is 0 Å². The summed E-state index contributed by atoms with van der Waals surface area (Å²) in [5.41, 5.74) is -0.675. The number of carbonyl (C=O) groups excluding carboxylic acids is 2. The van der Waals surface area contributed by atoms with Crippen LogP contribution >= 0.6 is 0 Å². The van der Waals surface area contributed by atoms with E-state index in [4.69, 9.17) is 18.9 Å². The maximum absolute atomic E-state index is 12.1. The predicted octanol–water partition coefficient (Wildman–Crippen LogP) is 2.19. The van der Waals surface area contributed by atoms with Crippen LogP contribution in [0.1, 0.15) is 27.7 Å². The van der Waals surface area contributed by atoms with Crippen molar-refractivity contribution in [2.24, 2.45) is 0 Å². The van der Waals surface area contributed by atoms with Crippen LogP contribution in [0.15, 0.2) is 18.2 Å². The Bertz CT molecular complexity index is 580. The Morgan fingerprint density at radius 3 is 2.50 bits per heavy atom. The van der Waals surface area contributed by atoms with E-state index in [0.717, 1.165) is 0 Å². The van der Waals surface area contributed by atoms with Gasteiger partial charge in [0.25, 0.3) is 0 Å². The number of esters is 1. The zero-order valence-corrected chi connectivity index (χ0v) is 14.4. The molecule has 1 atom stereocenters. The molecule has 8 nitrogen and oxygen atoms in total. The van der Waals surface area contributed by atoms with Crippen molar-refractivity contribution in [3.05, 3.63) is 18.2 Å². The van der Waals surface area contributed by atoms with E-state index >= 15 is 0 Å². The van der Waals surface area contributed by atoms with Crippen LogP contribution in [0.3, 0.4) is 0 Å². The van der Waals surface area contributed by atoms with Gasteiger partial charge in [0.2, 0.25) is 0 Å². The molecule has 0 aromatic heterocycles. The standard InChI is InChI=1S/C16H23NO7/c1-10(17-15(20)24-16(2,3)4)14(19)23-12-7-6-11(18)8-13(12)22-9-21-5/h6-8,10,18H,9H2,1-5H3,(H,17,20). The van der Waals surface area contributed by atoms with Crippen molar-refractivity contribution in [3.63, 3.8) is 0 Å². The van der Waals surface area contributed by atoms with Crippen LogP contribution in [0.5, 0.6) is 17.2 Å². The number of methoxy groups -OCH3 is 1. The first-order chi connectivity index (χ1) is 11.1. The Morgan fingerprint density at radius 2 is 1.92 bits per heavy atom. The van der Waals surface area contributed by atoms with Crippen LogP contribution in [0.4, 0.5) is 4.79 Å². The second kappa shape index (κ2) is 8.39. The second-order valence-corrected chi connectivity index (χ2v) is 5.97. The minimum absolute atomic E-state index is 0.0548. The van der Waals surface area contributed by atoms with Crippen LogP contribution in [0.2, 0.25) is 0 Å². The molecule has 134 valence electrons. The summed E-state index contributed by atoms with van der Waals surface area (Å²) in [6.45, 7) is 6.52. The van der Waals surface area contributed by atoms with Crippen LogP contribution in [0, 0.1) is 0 Å². The molecule has 0 fully saturated rings. The monoisotopic (exact) mass is 341 g/mol. The van der Waals surface area contributed by atoms with Gasteiger partial charge in [-0.3, -0.25) is 0 Å². The molecule has 8 heteroatoms. The van der Waals surface area contributed by atoms with E-state index in [2.05, 4.69) is 5.32 Å². The number of rotatable bonds is 6. The van der Waals surface area contributed by atoms with Gasteiger partial charge in [-0.25, -0.2) is 9.59 Å². The van der Waals surface area contributed by atoms with Crippen LogP contribution in [-0.4, -0.2) is 42.7 Å². The average Bonchev–Trinajstić information content (AvgIpc) is 2.45. The minimum Gasteiger partial charge on any atom is -0.508 e. The number of amides is 1. The molecule has 0 bridgehead atoms. The van der Waals surface area contributed by atoms with Gasteiger partial charge in [0, 0.05) is 13.2 Å². The molecular weight excluding hydrogens is 318 g/mol. The summed E-state index contributed by atoms with van der Waals surface area (Å²) in [5.74, 6) is -0.544. The number of hydrogen-bond acceptors (Lipinski definition) is 7. The van der Waals surface area contributed by atoms with Crippen molar-refractivity contribution in [1.82, 2.24) is 5.32 Å². The van der Waals surface area contributed by atoms with Gasteiger partial charge in [0.15, 0.2) is 18.3 Å². The van der Waals surface area contributed by atoms with E-state index in [0.29, 0.717) is 0 Å². The fourth-order valence-electron chi connectivity index (χ4n) is 1.56. The molecule has 0 heterocycles. The van der Waals surface area contributed by atoms with E-state index in [1.807, 2.05) is 0 Å². The number of benzene rings is 1. The quantitative estimate of drug-likeness (QED) is 0.464. The summed E-state index contributed by atoms with van der Waals surface area (Å²) in [4.78, 5) is 23.7. The van der Waals surface area contributed by atoms with Crippen molar-refractivity contribution in [1.29, 1.82) is 0 Å². The van der Waals surface area contributed by atoms with Crippen molar-refractivity contribution in [2.45, 2.75) is 39.3 Å². The lowest BCUT2D eigenvalue weighted by Gasteiger charge is -2.21. The fourth-order valence-corrected chi connectivity index (χ4v) is 1.56. The van der Waals surface area contributed by atoms with Crippen LogP contribution < -0.4 is 14.8 Å². The molecule has 1 aromatic rings. The lowest BCUT2D eigenvalue weighted by atomic mass is 10.2. The second-order valence-electron chi connectivity index (χ2n) is 5.97. The van der Waals surface area contributed by atoms with Gasteiger partial charge in [-0.1, -0.05) is 0 Å². The normalized spacial score (nSPS) is 12.2. The first kappa shape index (κ1) is 19.6. The van der Waals surface area contributed by atoms with Gasteiger partial charge in [-0.2, -0.15) is 0 Å². The third-order valence-corrected chi connectivity index (χ3v) is 2.56. The molecule has 1 rings (SSSR count). The number of hydrogen-bond donors (Lipinski definition) is 2. The Hall–Kier alpha value is -2.48. The number of aromatic hydroxyl groups is 1. The van der Waals surface area contributed by atoms with Crippen molar-refractivity contribution in [3.8, 4) is 17.2 Å². The lowest BCUT2D eigenvalue weighted by molar-refractivity contribution is -0.136. The summed E-state index contributed by atoms with van der Waals surface area (Å²) in [6, 6.07) is 3.06. The van der Waals surface area contributed by atoms with Gasteiger partial charge < -0.3 is 29.4 Å². The van der Waals surface area contributed by atoms with Crippen molar-refractivity contribution < 1.29 is 33.6 Å². The summed E-state index contributed by atoms with van der Waals surface area (Å²) < 4.78 is 20.3. The van der Waals surface area contributed by atoms with Gasteiger partial charge in [-0.05, 0) is 39.8 Å². The zero-order valence-electron chi connectivity index (χ0n) is 14.4. The Balaban J connectivity index is 2.71. The van der Waals surface area contributed by atoms with E-state index in [1.165, 1.54) is 32.2 Å². The van der Waals surface area contributed by atoms with Gasteiger partial charge in [0.1, 0.15) is 17.4 Å². The first-order valence-electron chi connectivity index (χ1n) is 7.28. The smallest absolute Gasteiger partial charge is 0.408 e. The molecule has 1 unspecified atom stereocenters. The third kappa shape index (κ3) is 6.74. The summed E-state index contributed by atoms with van der Waals surface area (Å²) in [6.07, 6.45) is -0.728. The molecule has 1 aromatic carbocycles. The molecule has 24 heavy (non-hydrogen) atoms. The molecule has 2 N–H and O–H groups in total. The molecule has 0 aliphatic rings. The first-order valence-corrected chi connectivity index (χ1v) is 7.28. The number of phenols is 1. The highest BCUT2D eigenvalue weighted by atomic mass is 16.7. The van der Waals surface area contributed by atoms with Crippen molar-refractivity contribution >= 4 is 12.1 Å². The number of phenolic OH excluding ortho intramolecular Hbond substituents is 1. The Kier molecular flexibility index (Phi) is 6.84. The lowest BCUT2D eigenvalue weighted by Crippen LogP contribution is -2.43. The molecule has 0 saturated carbocycles. The minimum atomic E-state index is -0.941. The molecule has 0 radical (unpaired) electrons. The topological polar surface area (TPSA) is 103 Å². The fraction of sp³-hybridized carbons (Fsp3) is 0.500. The molecule has 0 spiro atoms. The Morgan fingerprint density at radius 1 is 1.25 bits per heavy atom. The summed E-state index contributed by atoms with van der Waals surface area (Å²) in [5, 5.41) is 11.9. The Labute approximate surface area is 140 Å². The predicted molar refractivity (Wildman–Crippen MR) is 85.1 cm³/mol. The largest absolute Gasteiger partial charge is 0.508 e. The molecule has 0 aliphatic heterocycles. The highest BCUT2D eigenvalue weighted by molar-refractivity contribution is 5.83. The number of nitrogens with one attached hydrogen (secondary N) is 1. The number of carbonyl (C=O) groups is 2. The highest BCUT2D eigenvalue weighted by Gasteiger charge is 2.23. The van der Waals surface area contributed by atoms with E-state index < -0.39 is 23.7 Å². The van der Waals surface area contributed by atoms with Crippen molar-refractivity contribution in [2.75, 3.05) is 13.9 Å². The third-order valence-electron chi connectivity index (χ3n) is 2.56. The summed E-state index contributed by atoms with van der Waals surface area (Å²) in [7, 11) is 1.43. The molecule has 0 saturated heterocycles. The maximum atomic E-state index is 12.1. The average molecular weight is 341 g/mol. The highest BCUT2D eigenvalue weighted by Crippen LogP contribution is 2.31. The van der Waals surface area contributed by atoms with Crippen LogP contribution in [-0.2, 0) is 14.3 Å². The van der Waals surface area contributed by atoms with Gasteiger partial charge >= 0.3 is 12.1 Å². The molecule has 1 amide bonds. The van der Waals surface area contributed by atoms with Gasteiger partial charge in [0.05, 0.1) is 0 Å². The van der Waals surface area contributed by atoms with E-state index in [9.17, 15) is 14.7 Å². The van der Waals surface area contributed by atoms with E-state index in [-0.39, 0.29) is 24.0 Å². The number of ether oxygens (including phenoxy) is 4. The SMILES string of the molecule is COCOc1cc(O)ccc1OC(=O)C(C)NC(=O)OC(C)(C)C. The number of alkyl carbamates (subject to hydrolysis) is 1.